The molecule has 0 spiro atoms. The number of carbonyl (C=O) groups is 2. The lowest BCUT2D eigenvalue weighted by molar-refractivity contribution is -0.123. The number of amides is 2. The van der Waals surface area contributed by atoms with E-state index >= 15 is 0 Å². The summed E-state index contributed by atoms with van der Waals surface area (Å²) in [5.41, 5.74) is 2.24. The molecule has 3 aromatic rings. The maximum absolute atomic E-state index is 14.3. The molecule has 1 N–H and O–H groups in total. The van der Waals surface area contributed by atoms with Gasteiger partial charge in [0.2, 0.25) is 11.8 Å². The van der Waals surface area contributed by atoms with E-state index in [0.717, 1.165) is 12.8 Å². The van der Waals surface area contributed by atoms with Gasteiger partial charge in [-0.2, -0.15) is 5.26 Å². The van der Waals surface area contributed by atoms with Crippen molar-refractivity contribution in [3.05, 3.63) is 71.4 Å². The number of halogens is 1. The van der Waals surface area contributed by atoms with Crippen LogP contribution < -0.4 is 15.0 Å². The lowest BCUT2D eigenvalue weighted by Gasteiger charge is -2.21. The monoisotopic (exact) mass is 499 g/mol. The number of benzene rings is 1. The zero-order valence-electron chi connectivity index (χ0n) is 20.6. The molecule has 37 heavy (non-hydrogen) atoms. The highest BCUT2D eigenvalue weighted by Gasteiger charge is 2.56. The summed E-state index contributed by atoms with van der Waals surface area (Å²) in [6, 6.07) is 13.6. The molecule has 1 aliphatic carbocycles. The Hall–Kier alpha value is -4.32. The molecule has 1 aromatic carbocycles. The van der Waals surface area contributed by atoms with Gasteiger partial charge in [-0.15, -0.1) is 0 Å². The minimum atomic E-state index is -0.964. The van der Waals surface area contributed by atoms with Crippen LogP contribution in [-0.4, -0.2) is 35.4 Å². The number of carbonyl (C=O) groups excluding carboxylic acids is 2. The van der Waals surface area contributed by atoms with E-state index in [4.69, 9.17) is 4.74 Å². The summed E-state index contributed by atoms with van der Waals surface area (Å²) >= 11 is 0. The molecule has 1 saturated heterocycles. The van der Waals surface area contributed by atoms with Crippen LogP contribution in [0.15, 0.2) is 48.7 Å². The van der Waals surface area contributed by atoms with Crippen LogP contribution in [0.25, 0.3) is 11.1 Å². The number of aromatic nitrogens is 2. The zero-order valence-corrected chi connectivity index (χ0v) is 20.6. The maximum atomic E-state index is 14.3. The van der Waals surface area contributed by atoms with Crippen molar-refractivity contribution in [1.82, 2.24) is 15.3 Å². The predicted molar refractivity (Wildman–Crippen MR) is 134 cm³/mol. The second-order valence-electron chi connectivity index (χ2n) is 9.54. The second kappa shape index (κ2) is 9.62. The number of hydrogen-bond acceptors (Lipinski definition) is 6. The van der Waals surface area contributed by atoms with Gasteiger partial charge >= 0.3 is 0 Å². The Balaban J connectivity index is 1.32. The van der Waals surface area contributed by atoms with Crippen molar-refractivity contribution in [3.8, 4) is 23.1 Å². The quantitative estimate of drug-likeness (QED) is 0.522. The van der Waals surface area contributed by atoms with Gasteiger partial charge in [0.05, 0.1) is 13.2 Å². The number of nitrogens with one attached hydrogen (secondary N) is 1. The SMILES string of the molecule is COc1ccc(-c2cc(F)cc(CNC(=O)c3cc(N4CC[C@@](C#N)(C5CC5)C4=O)cc(C)n3)c2)cn1. The number of nitriles is 1. The Morgan fingerprint density at radius 2 is 2.05 bits per heavy atom. The van der Waals surface area contributed by atoms with E-state index in [1.807, 2.05) is 0 Å². The molecule has 1 aliphatic heterocycles. The molecule has 0 unspecified atom stereocenters. The number of rotatable bonds is 7. The second-order valence-corrected chi connectivity index (χ2v) is 9.54. The third-order valence-electron chi connectivity index (χ3n) is 7.00. The van der Waals surface area contributed by atoms with Crippen LogP contribution in [-0.2, 0) is 11.3 Å². The average molecular weight is 500 g/mol. The van der Waals surface area contributed by atoms with Crippen molar-refractivity contribution in [2.75, 3.05) is 18.6 Å². The van der Waals surface area contributed by atoms with Crippen molar-refractivity contribution < 1.29 is 18.7 Å². The first-order valence-corrected chi connectivity index (χ1v) is 12.1. The predicted octanol–water partition coefficient (Wildman–Crippen LogP) is 4.19. The number of hydrogen-bond donors (Lipinski definition) is 1. The molecule has 9 heteroatoms. The van der Waals surface area contributed by atoms with E-state index < -0.39 is 17.1 Å². The molecule has 188 valence electrons. The highest BCUT2D eigenvalue weighted by atomic mass is 19.1. The van der Waals surface area contributed by atoms with Crippen LogP contribution in [0.2, 0.25) is 0 Å². The van der Waals surface area contributed by atoms with Crippen molar-refractivity contribution >= 4 is 17.5 Å². The summed E-state index contributed by atoms with van der Waals surface area (Å²) in [6.45, 7) is 2.26. The molecular formula is C28H26FN5O3. The van der Waals surface area contributed by atoms with Gasteiger partial charge in [-0.05, 0) is 79.6 Å². The Morgan fingerprint density at radius 1 is 1.24 bits per heavy atom. The van der Waals surface area contributed by atoms with Gasteiger partial charge in [-0.25, -0.2) is 14.4 Å². The number of anilines is 1. The third kappa shape index (κ3) is 4.75. The fourth-order valence-electron chi connectivity index (χ4n) is 4.92. The van der Waals surface area contributed by atoms with E-state index in [1.165, 1.54) is 19.2 Å². The molecule has 8 nitrogen and oxygen atoms in total. The summed E-state index contributed by atoms with van der Waals surface area (Å²) in [6.07, 6.45) is 3.87. The first-order chi connectivity index (χ1) is 17.8. The molecule has 2 aromatic heterocycles. The third-order valence-corrected chi connectivity index (χ3v) is 7.00. The number of ether oxygens (including phenoxy) is 1. The van der Waals surface area contributed by atoms with Crippen LogP contribution in [0.1, 0.15) is 41.0 Å². The van der Waals surface area contributed by atoms with Crippen molar-refractivity contribution in [3.63, 3.8) is 0 Å². The van der Waals surface area contributed by atoms with Gasteiger partial charge < -0.3 is 15.0 Å². The lowest BCUT2D eigenvalue weighted by atomic mass is 9.83. The molecule has 3 heterocycles. The number of pyridine rings is 2. The van der Waals surface area contributed by atoms with Gasteiger partial charge in [0, 0.05) is 42.3 Å². The number of aryl methyl sites for hydroxylation is 1. The van der Waals surface area contributed by atoms with Crippen molar-refractivity contribution in [1.29, 1.82) is 5.26 Å². The fourth-order valence-corrected chi connectivity index (χ4v) is 4.92. The fraction of sp³-hybridized carbons (Fsp3) is 0.321. The molecule has 2 amide bonds. The molecule has 1 atom stereocenters. The average Bonchev–Trinajstić information content (AvgIpc) is 3.70. The standard InChI is InChI=1S/C28H26FN5O3/c1-17-9-23(34-8-7-28(16-30,27(34)36)21-4-5-21)13-24(33-17)26(35)32-14-18-10-20(12-22(29)11-18)19-3-6-25(37-2)31-15-19/h3,6,9-13,15,21H,4-5,7-8,14H2,1-2H3,(H,32,35)/t28-/m1/s1. The van der Waals surface area contributed by atoms with Gasteiger partial charge in [0.15, 0.2) is 0 Å². The van der Waals surface area contributed by atoms with Crippen LogP contribution in [0.5, 0.6) is 5.88 Å². The number of nitrogens with zero attached hydrogens (tertiary/aromatic N) is 4. The van der Waals surface area contributed by atoms with E-state index in [1.54, 1.807) is 48.4 Å². The summed E-state index contributed by atoms with van der Waals surface area (Å²) in [7, 11) is 1.52. The largest absolute Gasteiger partial charge is 0.481 e. The molecule has 5 rings (SSSR count). The van der Waals surface area contributed by atoms with E-state index in [9.17, 15) is 19.2 Å². The van der Waals surface area contributed by atoms with Crippen molar-refractivity contribution in [2.24, 2.45) is 11.3 Å². The summed E-state index contributed by atoms with van der Waals surface area (Å²) in [5.74, 6) is -0.501. The normalized spacial score (nSPS) is 19.0. The maximum Gasteiger partial charge on any atom is 0.270 e. The Labute approximate surface area is 214 Å². The zero-order chi connectivity index (χ0) is 26.2. The molecule has 2 aliphatic rings. The Kier molecular flexibility index (Phi) is 6.34. The summed E-state index contributed by atoms with van der Waals surface area (Å²) < 4.78 is 19.4. The molecule has 2 fully saturated rings. The molecule has 1 saturated carbocycles. The minimum Gasteiger partial charge on any atom is -0.481 e. The van der Waals surface area contributed by atoms with Gasteiger partial charge in [0.25, 0.3) is 5.91 Å². The highest BCUT2D eigenvalue weighted by molar-refractivity contribution is 6.03. The molecule has 0 bridgehead atoms. The van der Waals surface area contributed by atoms with E-state index in [2.05, 4.69) is 21.4 Å². The first kappa shape index (κ1) is 24.4. The number of methoxy groups -OCH3 is 1. The van der Waals surface area contributed by atoms with E-state index in [0.29, 0.717) is 46.9 Å². The van der Waals surface area contributed by atoms with Gasteiger partial charge in [-0.1, -0.05) is 0 Å². The summed E-state index contributed by atoms with van der Waals surface area (Å²) in [5, 5.41) is 12.6. The van der Waals surface area contributed by atoms with Crippen LogP contribution in [0, 0.1) is 35.4 Å². The van der Waals surface area contributed by atoms with Crippen LogP contribution in [0.3, 0.4) is 0 Å². The van der Waals surface area contributed by atoms with Gasteiger partial charge in [0.1, 0.15) is 16.9 Å². The Morgan fingerprint density at radius 3 is 2.73 bits per heavy atom. The summed E-state index contributed by atoms with van der Waals surface area (Å²) in [4.78, 5) is 36.3. The van der Waals surface area contributed by atoms with Gasteiger partial charge in [-0.3, -0.25) is 9.59 Å². The van der Waals surface area contributed by atoms with Crippen molar-refractivity contribution in [2.45, 2.75) is 32.7 Å². The molecule has 0 radical (unpaired) electrons. The van der Waals surface area contributed by atoms with E-state index in [-0.39, 0.29) is 24.1 Å². The highest BCUT2D eigenvalue weighted by Crippen LogP contribution is 2.51. The lowest BCUT2D eigenvalue weighted by Crippen LogP contribution is -2.35. The Bertz CT molecular complexity index is 1410. The smallest absolute Gasteiger partial charge is 0.270 e. The molecular weight excluding hydrogens is 473 g/mol. The first-order valence-electron chi connectivity index (χ1n) is 12.1. The minimum absolute atomic E-state index is 0.0833. The topological polar surface area (TPSA) is 108 Å². The van der Waals surface area contributed by atoms with Crippen LogP contribution >= 0.6 is 0 Å². The van der Waals surface area contributed by atoms with Crippen LogP contribution in [0.4, 0.5) is 10.1 Å².